The van der Waals surface area contributed by atoms with E-state index in [-0.39, 0.29) is 11.9 Å². The smallest absolute Gasteiger partial charge is 0.251 e. The molecule has 0 heterocycles. The first-order valence-electron chi connectivity index (χ1n) is 7.99. The van der Waals surface area contributed by atoms with E-state index in [4.69, 9.17) is 11.6 Å². The number of hydrogen-bond acceptors (Lipinski definition) is 2. The van der Waals surface area contributed by atoms with Crippen LogP contribution in [0.2, 0.25) is 5.02 Å². The van der Waals surface area contributed by atoms with E-state index in [2.05, 4.69) is 24.1 Å². The molecule has 0 aromatic heterocycles. The summed E-state index contributed by atoms with van der Waals surface area (Å²) in [7, 11) is 0. The number of amides is 1. The molecule has 0 bridgehead atoms. The Labute approximate surface area is 143 Å². The minimum Gasteiger partial charge on any atom is -0.350 e. The second-order valence-electron chi connectivity index (χ2n) is 5.33. The van der Waals surface area contributed by atoms with E-state index in [1.54, 1.807) is 0 Å². The van der Waals surface area contributed by atoms with Gasteiger partial charge in [0.15, 0.2) is 0 Å². The number of hydrogen-bond donors (Lipinski definition) is 1. The molecule has 0 saturated carbocycles. The van der Waals surface area contributed by atoms with Gasteiger partial charge in [0.2, 0.25) is 0 Å². The standard InChI is InChI=1S/C19H23ClN2O/c1-3-22(4-2)18(16-12-8-9-13-17(16)20)14-21-19(23)15-10-6-5-7-11-15/h5-13,18H,3-4,14H2,1-2H3,(H,21,23)/t18-/m0/s1. The van der Waals surface area contributed by atoms with Gasteiger partial charge in [-0.25, -0.2) is 0 Å². The summed E-state index contributed by atoms with van der Waals surface area (Å²) in [6.07, 6.45) is 0. The summed E-state index contributed by atoms with van der Waals surface area (Å²) in [5.74, 6) is -0.0604. The summed E-state index contributed by atoms with van der Waals surface area (Å²) in [5, 5.41) is 3.77. The molecule has 1 amide bonds. The zero-order chi connectivity index (χ0) is 16.7. The molecule has 0 spiro atoms. The summed E-state index contributed by atoms with van der Waals surface area (Å²) >= 11 is 6.37. The molecule has 2 aromatic rings. The van der Waals surface area contributed by atoms with Gasteiger partial charge >= 0.3 is 0 Å². The van der Waals surface area contributed by atoms with Crippen LogP contribution in [-0.4, -0.2) is 30.4 Å². The number of benzene rings is 2. The van der Waals surface area contributed by atoms with Gasteiger partial charge in [-0.1, -0.05) is 61.8 Å². The highest BCUT2D eigenvalue weighted by atomic mass is 35.5. The van der Waals surface area contributed by atoms with Crippen molar-refractivity contribution in [3.05, 3.63) is 70.7 Å². The first-order valence-corrected chi connectivity index (χ1v) is 8.36. The van der Waals surface area contributed by atoms with Gasteiger partial charge in [0.05, 0.1) is 6.04 Å². The summed E-state index contributed by atoms with van der Waals surface area (Å²) < 4.78 is 0. The molecule has 2 aromatic carbocycles. The maximum atomic E-state index is 12.3. The Kier molecular flexibility index (Phi) is 6.63. The quantitative estimate of drug-likeness (QED) is 0.827. The van der Waals surface area contributed by atoms with Crippen molar-refractivity contribution in [2.24, 2.45) is 0 Å². The fraction of sp³-hybridized carbons (Fsp3) is 0.316. The van der Waals surface area contributed by atoms with Gasteiger partial charge in [0.25, 0.3) is 5.91 Å². The highest BCUT2D eigenvalue weighted by molar-refractivity contribution is 6.31. The zero-order valence-electron chi connectivity index (χ0n) is 13.6. The highest BCUT2D eigenvalue weighted by Crippen LogP contribution is 2.27. The normalized spacial score (nSPS) is 12.2. The Bertz CT molecular complexity index is 626. The van der Waals surface area contributed by atoms with Crippen molar-refractivity contribution in [1.82, 2.24) is 10.2 Å². The molecule has 0 fully saturated rings. The third-order valence-electron chi connectivity index (χ3n) is 4.01. The van der Waals surface area contributed by atoms with Crippen LogP contribution in [0.5, 0.6) is 0 Å². The van der Waals surface area contributed by atoms with E-state index in [0.29, 0.717) is 12.1 Å². The Hall–Kier alpha value is -1.84. The van der Waals surface area contributed by atoms with Crippen LogP contribution < -0.4 is 5.32 Å². The predicted molar refractivity (Wildman–Crippen MR) is 95.9 cm³/mol. The Balaban J connectivity index is 2.15. The van der Waals surface area contributed by atoms with E-state index in [9.17, 15) is 4.79 Å². The topological polar surface area (TPSA) is 32.3 Å². The molecule has 0 radical (unpaired) electrons. The minimum atomic E-state index is -0.0604. The average molecular weight is 331 g/mol. The fourth-order valence-electron chi connectivity index (χ4n) is 2.73. The largest absolute Gasteiger partial charge is 0.350 e. The van der Waals surface area contributed by atoms with E-state index in [1.165, 1.54) is 0 Å². The van der Waals surface area contributed by atoms with Crippen LogP contribution in [0.25, 0.3) is 0 Å². The van der Waals surface area contributed by atoms with Gasteiger partial charge in [-0.3, -0.25) is 9.69 Å². The molecule has 0 saturated heterocycles. The van der Waals surface area contributed by atoms with Crippen molar-refractivity contribution >= 4 is 17.5 Å². The molecule has 23 heavy (non-hydrogen) atoms. The van der Waals surface area contributed by atoms with Crippen LogP contribution in [0.3, 0.4) is 0 Å². The number of likely N-dealkylation sites (N-methyl/N-ethyl adjacent to an activating group) is 1. The lowest BCUT2D eigenvalue weighted by Gasteiger charge is -2.31. The van der Waals surface area contributed by atoms with Crippen molar-refractivity contribution in [2.75, 3.05) is 19.6 Å². The van der Waals surface area contributed by atoms with Gasteiger partial charge in [-0.15, -0.1) is 0 Å². The maximum Gasteiger partial charge on any atom is 0.251 e. The molecule has 3 nitrogen and oxygen atoms in total. The molecule has 0 aliphatic rings. The van der Waals surface area contributed by atoms with Crippen molar-refractivity contribution in [2.45, 2.75) is 19.9 Å². The van der Waals surface area contributed by atoms with Crippen LogP contribution in [-0.2, 0) is 0 Å². The summed E-state index contributed by atoms with van der Waals surface area (Å²) in [5.41, 5.74) is 1.72. The van der Waals surface area contributed by atoms with E-state index < -0.39 is 0 Å². The van der Waals surface area contributed by atoms with E-state index in [0.717, 1.165) is 23.7 Å². The van der Waals surface area contributed by atoms with Gasteiger partial charge in [0.1, 0.15) is 0 Å². The lowest BCUT2D eigenvalue weighted by atomic mass is 10.0. The van der Waals surface area contributed by atoms with Gasteiger partial charge in [0, 0.05) is 17.1 Å². The molecular weight excluding hydrogens is 308 g/mol. The number of rotatable bonds is 7. The summed E-state index contributed by atoms with van der Waals surface area (Å²) in [4.78, 5) is 14.6. The number of halogens is 1. The van der Waals surface area contributed by atoms with Crippen LogP contribution in [0, 0.1) is 0 Å². The van der Waals surface area contributed by atoms with Crippen molar-refractivity contribution in [3.8, 4) is 0 Å². The Morgan fingerprint density at radius 1 is 1.04 bits per heavy atom. The molecule has 2 rings (SSSR count). The van der Waals surface area contributed by atoms with Crippen molar-refractivity contribution in [1.29, 1.82) is 0 Å². The zero-order valence-corrected chi connectivity index (χ0v) is 14.4. The lowest BCUT2D eigenvalue weighted by Crippen LogP contribution is -2.38. The lowest BCUT2D eigenvalue weighted by molar-refractivity contribution is 0.0935. The summed E-state index contributed by atoms with van der Waals surface area (Å²) in [6, 6.07) is 17.2. The first kappa shape index (κ1) is 17.5. The number of carbonyl (C=O) groups excluding carboxylic acids is 1. The molecule has 4 heteroatoms. The van der Waals surface area contributed by atoms with Crippen LogP contribution in [0.15, 0.2) is 54.6 Å². The van der Waals surface area contributed by atoms with Crippen molar-refractivity contribution < 1.29 is 4.79 Å². The number of nitrogens with zero attached hydrogens (tertiary/aromatic N) is 1. The van der Waals surface area contributed by atoms with E-state index >= 15 is 0 Å². The van der Waals surface area contributed by atoms with Crippen LogP contribution in [0.1, 0.15) is 35.8 Å². The second-order valence-corrected chi connectivity index (χ2v) is 5.74. The molecular formula is C19H23ClN2O. The molecule has 1 atom stereocenters. The minimum absolute atomic E-state index is 0.0604. The fourth-order valence-corrected chi connectivity index (χ4v) is 2.99. The maximum absolute atomic E-state index is 12.3. The monoisotopic (exact) mass is 330 g/mol. The molecule has 0 aliphatic heterocycles. The van der Waals surface area contributed by atoms with Crippen molar-refractivity contribution in [3.63, 3.8) is 0 Å². The molecule has 0 unspecified atom stereocenters. The number of nitrogens with one attached hydrogen (secondary N) is 1. The second kappa shape index (κ2) is 8.70. The predicted octanol–water partition coefficient (Wildman–Crippen LogP) is 4.15. The van der Waals surface area contributed by atoms with Gasteiger partial charge < -0.3 is 5.32 Å². The van der Waals surface area contributed by atoms with Crippen LogP contribution in [0.4, 0.5) is 0 Å². The average Bonchev–Trinajstić information content (AvgIpc) is 2.60. The SMILES string of the molecule is CCN(CC)[C@@H](CNC(=O)c1ccccc1)c1ccccc1Cl. The third kappa shape index (κ3) is 4.57. The summed E-state index contributed by atoms with van der Waals surface area (Å²) in [6.45, 7) is 6.55. The molecule has 1 N–H and O–H groups in total. The Morgan fingerprint density at radius 3 is 2.26 bits per heavy atom. The van der Waals surface area contributed by atoms with Gasteiger partial charge in [-0.2, -0.15) is 0 Å². The van der Waals surface area contributed by atoms with E-state index in [1.807, 2.05) is 54.6 Å². The highest BCUT2D eigenvalue weighted by Gasteiger charge is 2.21. The van der Waals surface area contributed by atoms with Crippen LogP contribution >= 0.6 is 11.6 Å². The molecule has 0 aliphatic carbocycles. The number of carbonyl (C=O) groups is 1. The molecule has 122 valence electrons. The first-order chi connectivity index (χ1) is 11.2. The third-order valence-corrected chi connectivity index (χ3v) is 4.35. The Morgan fingerprint density at radius 2 is 1.65 bits per heavy atom. The van der Waals surface area contributed by atoms with Gasteiger partial charge in [-0.05, 0) is 36.9 Å².